The average Bonchev–Trinajstić information content (AvgIpc) is 3.36. The highest BCUT2D eigenvalue weighted by atomic mass is 16.6. The van der Waals surface area contributed by atoms with Gasteiger partial charge in [0.05, 0.1) is 19.0 Å². The lowest BCUT2D eigenvalue weighted by Crippen LogP contribution is -2.65. The molecule has 4 aromatic rings. The number of imidazole rings is 1. The summed E-state index contributed by atoms with van der Waals surface area (Å²) in [6, 6.07) is 18.5. The van der Waals surface area contributed by atoms with Crippen molar-refractivity contribution in [1.82, 2.24) is 24.8 Å². The van der Waals surface area contributed by atoms with Crippen LogP contribution < -0.4 is 16.6 Å². The Bertz CT molecular complexity index is 1570. The summed E-state index contributed by atoms with van der Waals surface area (Å²) in [7, 11) is 0. The van der Waals surface area contributed by atoms with Gasteiger partial charge in [-0.1, -0.05) is 74.5 Å². The molecule has 2 aromatic heterocycles. The summed E-state index contributed by atoms with van der Waals surface area (Å²) in [5, 5.41) is 13.1. The normalized spacial score (nSPS) is 13.8. The monoisotopic (exact) mass is 578 g/mol. The maximum absolute atomic E-state index is 13.0. The Labute approximate surface area is 241 Å². The molecule has 0 fully saturated rings. The summed E-state index contributed by atoms with van der Waals surface area (Å²) in [5.74, 6) is -1.61. The number of hydrogen-bond donors (Lipinski definition) is 4. The van der Waals surface area contributed by atoms with Gasteiger partial charge in [-0.3, -0.25) is 19.7 Å². The molecule has 1 amide bonds. The van der Waals surface area contributed by atoms with E-state index in [0.29, 0.717) is 6.61 Å². The van der Waals surface area contributed by atoms with Crippen molar-refractivity contribution in [3.8, 4) is 0 Å². The van der Waals surface area contributed by atoms with Crippen LogP contribution in [0, 0.1) is 5.41 Å². The predicted octanol–water partition coefficient (Wildman–Crippen LogP) is 3.40. The second-order valence-electron chi connectivity index (χ2n) is 10.5. The van der Waals surface area contributed by atoms with E-state index in [2.05, 4.69) is 20.3 Å². The third-order valence-corrected chi connectivity index (χ3v) is 6.83. The lowest BCUT2D eigenvalue weighted by molar-refractivity contribution is -0.206. The maximum atomic E-state index is 13.0. The van der Waals surface area contributed by atoms with Gasteiger partial charge in [0.25, 0.3) is 5.56 Å². The molecule has 13 nitrogen and oxygen atoms in total. The van der Waals surface area contributed by atoms with Gasteiger partial charge in [0, 0.05) is 5.41 Å². The molecule has 222 valence electrons. The highest BCUT2D eigenvalue weighted by Crippen LogP contribution is 2.38. The van der Waals surface area contributed by atoms with Crippen LogP contribution in [0.2, 0.25) is 0 Å². The highest BCUT2D eigenvalue weighted by Gasteiger charge is 2.55. The van der Waals surface area contributed by atoms with Gasteiger partial charge in [-0.05, 0) is 24.5 Å². The van der Waals surface area contributed by atoms with E-state index in [1.807, 2.05) is 43.3 Å². The number of aliphatic carboxylic acids is 1. The number of carboxylic acids is 1. The fourth-order valence-corrected chi connectivity index (χ4v) is 4.67. The molecular formula is C29H34N6O7. The lowest BCUT2D eigenvalue weighted by Gasteiger charge is -2.43. The first-order chi connectivity index (χ1) is 20.0. The molecule has 0 spiro atoms. The molecule has 0 aliphatic carbocycles. The minimum atomic E-state index is -2.31. The smallest absolute Gasteiger partial charge is 0.410 e. The summed E-state index contributed by atoms with van der Waals surface area (Å²) >= 11 is 0. The Morgan fingerprint density at radius 2 is 1.69 bits per heavy atom. The number of nitrogens with two attached hydrogens (primary N) is 1. The zero-order chi connectivity index (χ0) is 30.3. The van der Waals surface area contributed by atoms with Gasteiger partial charge in [-0.25, -0.2) is 14.6 Å². The number of nitrogens with zero attached hydrogens (tertiary/aromatic N) is 3. The number of amides is 1. The van der Waals surface area contributed by atoms with Crippen LogP contribution in [0.1, 0.15) is 38.3 Å². The molecule has 0 aliphatic rings. The van der Waals surface area contributed by atoms with E-state index in [4.69, 9.17) is 19.9 Å². The third-order valence-electron chi connectivity index (χ3n) is 6.83. The van der Waals surface area contributed by atoms with Gasteiger partial charge in [-0.15, -0.1) is 0 Å². The number of carbonyl (C=O) groups is 2. The van der Waals surface area contributed by atoms with Crippen LogP contribution in [0.5, 0.6) is 0 Å². The van der Waals surface area contributed by atoms with E-state index < -0.39 is 41.6 Å². The number of hydrogen-bond acceptors (Lipinski definition) is 9. The number of nitrogen functional groups attached to an aromatic ring is 1. The number of benzene rings is 2. The van der Waals surface area contributed by atoms with Gasteiger partial charge in [0.15, 0.2) is 11.2 Å². The summed E-state index contributed by atoms with van der Waals surface area (Å²) in [6.45, 7) is 4.89. The van der Waals surface area contributed by atoms with Crippen LogP contribution in [0.3, 0.4) is 0 Å². The molecule has 0 bridgehead atoms. The molecule has 4 rings (SSSR count). The predicted molar refractivity (Wildman–Crippen MR) is 153 cm³/mol. The summed E-state index contributed by atoms with van der Waals surface area (Å²) < 4.78 is 18.7. The van der Waals surface area contributed by atoms with Crippen LogP contribution in [0.25, 0.3) is 11.2 Å². The van der Waals surface area contributed by atoms with Crippen molar-refractivity contribution in [3.63, 3.8) is 0 Å². The number of carboxylic acid groups (broad SMARTS) is 1. The molecule has 13 heteroatoms. The van der Waals surface area contributed by atoms with Crippen LogP contribution in [-0.4, -0.2) is 48.5 Å². The second kappa shape index (κ2) is 12.8. The van der Waals surface area contributed by atoms with E-state index >= 15 is 0 Å². The lowest BCUT2D eigenvalue weighted by atomic mass is 9.76. The number of aromatic amines is 1. The van der Waals surface area contributed by atoms with Crippen LogP contribution in [-0.2, 0) is 38.9 Å². The van der Waals surface area contributed by atoms with Crippen LogP contribution in [0.15, 0.2) is 71.8 Å². The number of fused-ring (bicyclic) bond motifs is 1. The SMILES string of the molecule is C[C@@H](CC(C)(C)C(NC(=O)OCc1ccccc1)(OCn1cnc2c(=O)[nH]c(N)nc21)C(=O)O)OCc1ccccc1. The number of ether oxygens (including phenoxy) is 3. The number of carbonyl (C=O) groups excluding carboxylic acids is 1. The van der Waals surface area contributed by atoms with E-state index in [1.165, 1.54) is 10.9 Å². The average molecular weight is 579 g/mol. The molecule has 0 saturated carbocycles. The number of alkyl carbamates (subject to hydrolysis) is 1. The Kier molecular flexibility index (Phi) is 9.23. The molecule has 5 N–H and O–H groups in total. The van der Waals surface area contributed by atoms with Crippen molar-refractivity contribution in [2.24, 2.45) is 5.41 Å². The molecule has 1 unspecified atom stereocenters. The number of rotatable bonds is 13. The van der Waals surface area contributed by atoms with E-state index in [-0.39, 0.29) is 30.1 Å². The molecule has 0 aliphatic heterocycles. The third kappa shape index (κ3) is 6.93. The fourth-order valence-electron chi connectivity index (χ4n) is 4.67. The van der Waals surface area contributed by atoms with Crippen LogP contribution in [0.4, 0.5) is 10.7 Å². The fraction of sp³-hybridized carbons (Fsp3) is 0.345. The number of H-pyrrole nitrogens is 1. The molecule has 2 atom stereocenters. The van der Waals surface area contributed by atoms with Crippen molar-refractivity contribution in [2.45, 2.75) is 59.0 Å². The highest BCUT2D eigenvalue weighted by molar-refractivity contribution is 5.84. The molecule has 2 heterocycles. The Hall–Kier alpha value is -4.75. The molecular weight excluding hydrogens is 544 g/mol. The molecule has 0 saturated heterocycles. The van der Waals surface area contributed by atoms with E-state index in [9.17, 15) is 19.5 Å². The Balaban J connectivity index is 1.59. The first kappa shape index (κ1) is 30.2. The summed E-state index contributed by atoms with van der Waals surface area (Å²) in [6.07, 6.45) is 0.00611. The first-order valence-electron chi connectivity index (χ1n) is 13.2. The summed E-state index contributed by atoms with van der Waals surface area (Å²) in [5.41, 5.74) is 3.31. The number of aromatic nitrogens is 4. The minimum Gasteiger partial charge on any atom is -0.478 e. The minimum absolute atomic E-state index is 0.00819. The van der Waals surface area contributed by atoms with Crippen molar-refractivity contribution in [1.29, 1.82) is 0 Å². The Morgan fingerprint density at radius 3 is 2.31 bits per heavy atom. The first-order valence-corrected chi connectivity index (χ1v) is 13.2. The topological polar surface area (TPSA) is 184 Å². The standard InChI is InChI=1S/C29H34N6O7/c1-19(40-15-20-10-6-4-7-11-20)14-28(2,3)29(25(37)38,34-27(39)41-16-21-12-8-5-9-13-21)42-18-35-17-31-22-23(35)32-26(30)33-24(22)36/h4-13,17,19H,14-16,18H2,1-3H3,(H,34,39)(H,37,38)(H3,30,32,33,36)/t19-,29?/m0/s1. The van der Waals surface area contributed by atoms with Gasteiger partial charge in [0.2, 0.25) is 11.7 Å². The van der Waals surface area contributed by atoms with Gasteiger partial charge in [-0.2, -0.15) is 4.98 Å². The van der Waals surface area contributed by atoms with Crippen molar-refractivity contribution >= 4 is 29.2 Å². The molecule has 2 aromatic carbocycles. The van der Waals surface area contributed by atoms with Gasteiger partial charge < -0.3 is 25.1 Å². The second-order valence-corrected chi connectivity index (χ2v) is 10.5. The zero-order valence-electron chi connectivity index (χ0n) is 23.6. The number of nitrogens with one attached hydrogen (secondary N) is 2. The van der Waals surface area contributed by atoms with E-state index in [0.717, 1.165) is 11.1 Å². The summed E-state index contributed by atoms with van der Waals surface area (Å²) in [4.78, 5) is 48.8. The van der Waals surface area contributed by atoms with Crippen molar-refractivity contribution in [2.75, 3.05) is 5.73 Å². The van der Waals surface area contributed by atoms with E-state index in [1.54, 1.807) is 38.1 Å². The van der Waals surface area contributed by atoms with Crippen molar-refractivity contribution < 1.29 is 28.9 Å². The molecule has 42 heavy (non-hydrogen) atoms. The zero-order valence-corrected chi connectivity index (χ0v) is 23.6. The number of anilines is 1. The molecule has 0 radical (unpaired) electrons. The largest absolute Gasteiger partial charge is 0.478 e. The maximum Gasteiger partial charge on any atom is 0.410 e. The quantitative estimate of drug-likeness (QED) is 0.171. The Morgan fingerprint density at radius 1 is 1.07 bits per heavy atom. The van der Waals surface area contributed by atoms with Gasteiger partial charge >= 0.3 is 12.1 Å². The van der Waals surface area contributed by atoms with Crippen molar-refractivity contribution in [3.05, 3.63) is 88.5 Å². The van der Waals surface area contributed by atoms with Gasteiger partial charge in [0.1, 0.15) is 13.3 Å². The van der Waals surface area contributed by atoms with Crippen LogP contribution >= 0.6 is 0 Å².